The van der Waals surface area contributed by atoms with E-state index in [-0.39, 0.29) is 6.10 Å². The van der Waals surface area contributed by atoms with Crippen molar-refractivity contribution < 1.29 is 14.9 Å². The highest BCUT2D eigenvalue weighted by Gasteiger charge is 2.29. The molecule has 0 spiro atoms. The molecule has 2 rings (SSSR count). The van der Waals surface area contributed by atoms with Gasteiger partial charge in [-0.25, -0.2) is 0 Å². The standard InChI is InChI=1S/C14H27NO3/c16-12(8-15-9-14(17)11-6-7-11)10-18-13-4-2-1-3-5-13/h11-17H,1-10H2. The molecular formula is C14H27NO3. The summed E-state index contributed by atoms with van der Waals surface area (Å²) < 4.78 is 5.71. The van der Waals surface area contributed by atoms with Crippen LogP contribution in [-0.2, 0) is 4.74 Å². The predicted octanol–water partition coefficient (Wildman–Crippen LogP) is 1.06. The van der Waals surface area contributed by atoms with Crippen molar-refractivity contribution in [1.29, 1.82) is 0 Å². The van der Waals surface area contributed by atoms with Gasteiger partial charge >= 0.3 is 0 Å². The maximum atomic E-state index is 9.78. The SMILES string of the molecule is OC(CNCC(O)C1CC1)COC1CCCCC1. The fraction of sp³-hybridized carbons (Fsp3) is 1.00. The Kier molecular flexibility index (Phi) is 5.89. The number of hydrogen-bond donors (Lipinski definition) is 3. The van der Waals surface area contributed by atoms with Gasteiger partial charge in [0, 0.05) is 13.1 Å². The van der Waals surface area contributed by atoms with E-state index >= 15 is 0 Å². The van der Waals surface area contributed by atoms with Crippen molar-refractivity contribution in [1.82, 2.24) is 5.32 Å². The molecule has 0 aromatic carbocycles. The van der Waals surface area contributed by atoms with Crippen LogP contribution in [-0.4, -0.2) is 48.2 Å². The molecule has 0 radical (unpaired) electrons. The maximum Gasteiger partial charge on any atom is 0.0897 e. The maximum absolute atomic E-state index is 9.78. The molecule has 0 aliphatic heterocycles. The third-order valence-electron chi connectivity index (χ3n) is 3.98. The first-order valence-corrected chi connectivity index (χ1v) is 7.44. The fourth-order valence-electron chi connectivity index (χ4n) is 2.58. The Morgan fingerprint density at radius 1 is 1.00 bits per heavy atom. The lowest BCUT2D eigenvalue weighted by Crippen LogP contribution is -2.36. The van der Waals surface area contributed by atoms with Gasteiger partial charge in [-0.1, -0.05) is 19.3 Å². The van der Waals surface area contributed by atoms with Gasteiger partial charge < -0.3 is 20.3 Å². The highest BCUT2D eigenvalue weighted by atomic mass is 16.5. The monoisotopic (exact) mass is 257 g/mol. The quantitative estimate of drug-likeness (QED) is 0.608. The van der Waals surface area contributed by atoms with E-state index in [0.717, 1.165) is 25.7 Å². The van der Waals surface area contributed by atoms with Crippen molar-refractivity contribution >= 4 is 0 Å². The van der Waals surface area contributed by atoms with Crippen molar-refractivity contribution in [3.05, 3.63) is 0 Å². The predicted molar refractivity (Wildman–Crippen MR) is 70.4 cm³/mol. The van der Waals surface area contributed by atoms with E-state index in [9.17, 15) is 10.2 Å². The third-order valence-corrected chi connectivity index (χ3v) is 3.98. The van der Waals surface area contributed by atoms with Crippen LogP contribution in [0, 0.1) is 5.92 Å². The second-order valence-corrected chi connectivity index (χ2v) is 5.81. The van der Waals surface area contributed by atoms with Crippen LogP contribution in [0.3, 0.4) is 0 Å². The summed E-state index contributed by atoms with van der Waals surface area (Å²) in [7, 11) is 0. The zero-order chi connectivity index (χ0) is 12.8. The van der Waals surface area contributed by atoms with E-state index in [1.54, 1.807) is 0 Å². The minimum Gasteiger partial charge on any atom is -0.392 e. The first kappa shape index (κ1) is 14.3. The van der Waals surface area contributed by atoms with Crippen LogP contribution in [0.25, 0.3) is 0 Å². The Hall–Kier alpha value is -0.160. The van der Waals surface area contributed by atoms with Crippen molar-refractivity contribution in [2.24, 2.45) is 5.92 Å². The molecular weight excluding hydrogens is 230 g/mol. The lowest BCUT2D eigenvalue weighted by atomic mass is 9.98. The van der Waals surface area contributed by atoms with Gasteiger partial charge in [-0.15, -0.1) is 0 Å². The van der Waals surface area contributed by atoms with Gasteiger partial charge in [0.05, 0.1) is 24.9 Å². The molecule has 0 aromatic heterocycles. The molecule has 4 nitrogen and oxygen atoms in total. The summed E-state index contributed by atoms with van der Waals surface area (Å²) in [5.41, 5.74) is 0. The lowest BCUT2D eigenvalue weighted by molar-refractivity contribution is -0.0236. The number of ether oxygens (including phenoxy) is 1. The van der Waals surface area contributed by atoms with Gasteiger partial charge in [0.25, 0.3) is 0 Å². The van der Waals surface area contributed by atoms with Gasteiger partial charge in [0.1, 0.15) is 0 Å². The zero-order valence-electron chi connectivity index (χ0n) is 11.2. The topological polar surface area (TPSA) is 61.7 Å². The summed E-state index contributed by atoms with van der Waals surface area (Å²) in [6, 6.07) is 0. The molecule has 2 saturated carbocycles. The van der Waals surface area contributed by atoms with E-state index in [1.807, 2.05) is 0 Å². The molecule has 2 unspecified atom stereocenters. The summed E-state index contributed by atoms with van der Waals surface area (Å²) in [5, 5.41) is 22.6. The molecule has 0 aromatic rings. The van der Waals surface area contributed by atoms with Crippen LogP contribution in [0.2, 0.25) is 0 Å². The average Bonchev–Trinajstić information content (AvgIpc) is 3.22. The Morgan fingerprint density at radius 3 is 2.39 bits per heavy atom. The number of rotatable bonds is 8. The Labute approximate surface area is 110 Å². The smallest absolute Gasteiger partial charge is 0.0897 e. The fourth-order valence-corrected chi connectivity index (χ4v) is 2.58. The van der Waals surface area contributed by atoms with E-state index in [2.05, 4.69) is 5.32 Å². The van der Waals surface area contributed by atoms with Crippen molar-refractivity contribution in [3.8, 4) is 0 Å². The van der Waals surface area contributed by atoms with Crippen molar-refractivity contribution in [2.75, 3.05) is 19.7 Å². The number of aliphatic hydroxyl groups excluding tert-OH is 2. The molecule has 0 amide bonds. The average molecular weight is 257 g/mol. The summed E-state index contributed by atoms with van der Waals surface area (Å²) in [5.74, 6) is 0.494. The minimum absolute atomic E-state index is 0.239. The Morgan fingerprint density at radius 2 is 1.72 bits per heavy atom. The highest BCUT2D eigenvalue weighted by Crippen LogP contribution is 2.32. The molecule has 0 heterocycles. The number of aliphatic hydroxyl groups is 2. The molecule has 4 heteroatoms. The molecule has 2 aliphatic carbocycles. The van der Waals surface area contributed by atoms with E-state index < -0.39 is 6.10 Å². The first-order chi connectivity index (χ1) is 8.75. The lowest BCUT2D eigenvalue weighted by Gasteiger charge is -2.23. The van der Waals surface area contributed by atoms with Gasteiger partial charge in [-0.2, -0.15) is 0 Å². The van der Waals surface area contributed by atoms with Crippen LogP contribution in [0.15, 0.2) is 0 Å². The second kappa shape index (κ2) is 7.43. The molecule has 0 saturated heterocycles. The van der Waals surface area contributed by atoms with Crippen molar-refractivity contribution in [2.45, 2.75) is 63.3 Å². The summed E-state index contributed by atoms with van der Waals surface area (Å²) in [4.78, 5) is 0. The van der Waals surface area contributed by atoms with Gasteiger partial charge in [-0.3, -0.25) is 0 Å². The number of hydrogen-bond acceptors (Lipinski definition) is 4. The number of nitrogens with one attached hydrogen (secondary N) is 1. The van der Waals surface area contributed by atoms with Crippen molar-refractivity contribution in [3.63, 3.8) is 0 Å². The molecule has 3 N–H and O–H groups in total. The summed E-state index contributed by atoms with van der Waals surface area (Å²) in [6.45, 7) is 1.51. The Bertz CT molecular complexity index is 227. The van der Waals surface area contributed by atoms with Gasteiger partial charge in [-0.05, 0) is 31.6 Å². The van der Waals surface area contributed by atoms with E-state index in [0.29, 0.717) is 31.7 Å². The zero-order valence-corrected chi connectivity index (χ0v) is 11.2. The molecule has 106 valence electrons. The van der Waals surface area contributed by atoms with Gasteiger partial charge in [0.15, 0.2) is 0 Å². The van der Waals surface area contributed by atoms with Crippen LogP contribution >= 0.6 is 0 Å². The largest absolute Gasteiger partial charge is 0.392 e. The molecule has 2 aliphatic rings. The molecule has 2 atom stereocenters. The first-order valence-electron chi connectivity index (χ1n) is 7.44. The molecule has 2 fully saturated rings. The van der Waals surface area contributed by atoms with E-state index in [4.69, 9.17) is 4.74 Å². The second-order valence-electron chi connectivity index (χ2n) is 5.81. The summed E-state index contributed by atoms with van der Waals surface area (Å²) in [6.07, 6.45) is 8.07. The molecule has 18 heavy (non-hydrogen) atoms. The van der Waals surface area contributed by atoms with Crippen LogP contribution < -0.4 is 5.32 Å². The third kappa shape index (κ3) is 5.22. The van der Waals surface area contributed by atoms with E-state index in [1.165, 1.54) is 19.3 Å². The van der Waals surface area contributed by atoms with Crippen LogP contribution in [0.5, 0.6) is 0 Å². The minimum atomic E-state index is -0.460. The normalized spacial score (nSPS) is 25.0. The summed E-state index contributed by atoms with van der Waals surface area (Å²) >= 11 is 0. The highest BCUT2D eigenvalue weighted by molar-refractivity contribution is 4.82. The van der Waals surface area contributed by atoms with Gasteiger partial charge in [0.2, 0.25) is 0 Å². The molecule has 0 bridgehead atoms. The van der Waals surface area contributed by atoms with Crippen LogP contribution in [0.4, 0.5) is 0 Å². The van der Waals surface area contributed by atoms with Crippen LogP contribution in [0.1, 0.15) is 44.9 Å². The Balaban J connectivity index is 1.47.